The highest BCUT2D eigenvalue weighted by molar-refractivity contribution is 6.34. The first-order chi connectivity index (χ1) is 12.0. The van der Waals surface area contributed by atoms with E-state index in [9.17, 15) is 4.79 Å². The molecular weight excluding hydrogens is 359 g/mol. The molecule has 2 rings (SSSR count). The molecule has 2 aromatic rings. The van der Waals surface area contributed by atoms with Crippen LogP contribution in [0.1, 0.15) is 19.4 Å². The molecule has 1 aromatic carbocycles. The van der Waals surface area contributed by atoms with Crippen LogP contribution in [-0.4, -0.2) is 28.3 Å². The molecule has 0 saturated heterocycles. The monoisotopic (exact) mass is 374 g/mol. The van der Waals surface area contributed by atoms with E-state index in [1.807, 2.05) is 0 Å². The van der Waals surface area contributed by atoms with Gasteiger partial charge in [-0.15, -0.1) is 5.92 Å². The number of carbonyl (C=O) groups is 1. The van der Waals surface area contributed by atoms with Crippen molar-refractivity contribution in [1.29, 1.82) is 0 Å². The van der Waals surface area contributed by atoms with Crippen molar-refractivity contribution in [2.24, 2.45) is 5.10 Å². The Balaban J connectivity index is 2.23. The van der Waals surface area contributed by atoms with Crippen molar-refractivity contribution in [2.75, 3.05) is 11.9 Å². The standard InChI is InChI=1S/C18H16Cl2N4O/c1-3-4-11-24(18(25)22-15-7-5-14(19)6-8-15)23-13(2)16-9-10-21-12-17(16)20/h5-10,12H,11H2,1-2H3,(H,22,25)/b23-13+. The summed E-state index contributed by atoms with van der Waals surface area (Å²) in [6.07, 6.45) is 3.14. The van der Waals surface area contributed by atoms with Crippen LogP contribution in [0.5, 0.6) is 0 Å². The SMILES string of the molecule is CC#CCN(/N=C(\C)c1ccncc1Cl)C(=O)Nc1ccc(Cl)cc1. The normalized spacial score (nSPS) is 10.6. The van der Waals surface area contributed by atoms with Gasteiger partial charge >= 0.3 is 6.03 Å². The van der Waals surface area contributed by atoms with E-state index in [-0.39, 0.29) is 6.54 Å². The molecule has 0 saturated carbocycles. The van der Waals surface area contributed by atoms with Crippen LogP contribution in [0.25, 0.3) is 0 Å². The smallest absolute Gasteiger partial charge is 0.306 e. The van der Waals surface area contributed by atoms with E-state index >= 15 is 0 Å². The fourth-order valence-electron chi connectivity index (χ4n) is 1.93. The van der Waals surface area contributed by atoms with Crippen LogP contribution in [0, 0.1) is 11.8 Å². The summed E-state index contributed by atoms with van der Waals surface area (Å²) in [7, 11) is 0. The molecule has 0 aliphatic carbocycles. The Morgan fingerprint density at radius 2 is 2.00 bits per heavy atom. The van der Waals surface area contributed by atoms with Crippen molar-refractivity contribution in [3.8, 4) is 11.8 Å². The Labute approximate surface area is 156 Å². The number of rotatable bonds is 4. The number of anilines is 1. The summed E-state index contributed by atoms with van der Waals surface area (Å²) in [5.41, 5.74) is 1.89. The fraction of sp³-hybridized carbons (Fsp3) is 0.167. The number of nitrogens with zero attached hydrogens (tertiary/aromatic N) is 3. The van der Waals surface area contributed by atoms with Crippen LogP contribution in [0.3, 0.4) is 0 Å². The summed E-state index contributed by atoms with van der Waals surface area (Å²) < 4.78 is 0. The molecule has 0 spiro atoms. The van der Waals surface area contributed by atoms with Crippen LogP contribution in [0.15, 0.2) is 47.8 Å². The van der Waals surface area contributed by atoms with Crippen molar-refractivity contribution < 1.29 is 4.79 Å². The number of hydrogen-bond acceptors (Lipinski definition) is 3. The maximum Gasteiger partial charge on any atom is 0.343 e. The number of nitrogens with one attached hydrogen (secondary N) is 1. The first kappa shape index (κ1) is 18.8. The molecule has 0 radical (unpaired) electrons. The molecule has 0 fully saturated rings. The van der Waals surface area contributed by atoms with Crippen molar-refractivity contribution in [2.45, 2.75) is 13.8 Å². The second-order valence-corrected chi connectivity index (χ2v) is 5.81. The molecule has 25 heavy (non-hydrogen) atoms. The van der Waals surface area contributed by atoms with Crippen LogP contribution in [-0.2, 0) is 0 Å². The number of hydrazone groups is 1. The molecule has 7 heteroatoms. The lowest BCUT2D eigenvalue weighted by atomic mass is 10.2. The quantitative estimate of drug-likeness (QED) is 0.480. The summed E-state index contributed by atoms with van der Waals surface area (Å²) in [6.45, 7) is 3.62. The Kier molecular flexibility index (Phi) is 6.81. The van der Waals surface area contributed by atoms with Crippen LogP contribution in [0.2, 0.25) is 10.0 Å². The van der Waals surface area contributed by atoms with Crippen LogP contribution < -0.4 is 5.32 Å². The fourth-order valence-corrected chi connectivity index (χ4v) is 2.31. The number of pyridine rings is 1. The van der Waals surface area contributed by atoms with Gasteiger partial charge in [0.25, 0.3) is 0 Å². The van der Waals surface area contributed by atoms with E-state index in [0.29, 0.717) is 27.0 Å². The first-order valence-corrected chi connectivity index (χ1v) is 8.15. The molecule has 0 aliphatic rings. The van der Waals surface area contributed by atoms with E-state index in [1.165, 1.54) is 11.2 Å². The molecule has 128 valence electrons. The summed E-state index contributed by atoms with van der Waals surface area (Å²) in [5.74, 6) is 5.59. The minimum Gasteiger partial charge on any atom is -0.306 e. The van der Waals surface area contributed by atoms with Crippen molar-refractivity contribution in [3.63, 3.8) is 0 Å². The maximum atomic E-state index is 12.5. The second-order valence-electron chi connectivity index (χ2n) is 4.96. The molecule has 2 amide bonds. The number of carbonyl (C=O) groups excluding carboxylic acids is 1. The molecule has 1 heterocycles. The highest BCUT2D eigenvalue weighted by atomic mass is 35.5. The number of amides is 2. The van der Waals surface area contributed by atoms with Gasteiger partial charge in [0.15, 0.2) is 0 Å². The Morgan fingerprint density at radius 1 is 1.28 bits per heavy atom. The van der Waals surface area contributed by atoms with Gasteiger partial charge in [0.1, 0.15) is 6.54 Å². The molecule has 5 nitrogen and oxygen atoms in total. The van der Waals surface area contributed by atoms with Crippen molar-refractivity contribution in [1.82, 2.24) is 9.99 Å². The highest BCUT2D eigenvalue weighted by Crippen LogP contribution is 2.16. The highest BCUT2D eigenvalue weighted by Gasteiger charge is 2.14. The number of hydrogen-bond donors (Lipinski definition) is 1. The summed E-state index contributed by atoms with van der Waals surface area (Å²) in [5, 5.41) is 9.41. The van der Waals surface area contributed by atoms with Gasteiger partial charge in [-0.25, -0.2) is 9.80 Å². The van der Waals surface area contributed by atoms with Crippen molar-refractivity contribution in [3.05, 3.63) is 58.3 Å². The third kappa shape index (κ3) is 5.49. The molecule has 1 aromatic heterocycles. The number of benzene rings is 1. The van der Waals surface area contributed by atoms with Gasteiger partial charge in [0, 0.05) is 28.7 Å². The summed E-state index contributed by atoms with van der Waals surface area (Å²) in [6, 6.07) is 8.13. The van der Waals surface area contributed by atoms with Crippen molar-refractivity contribution >= 4 is 40.6 Å². The minimum absolute atomic E-state index is 0.149. The molecule has 1 N–H and O–H groups in total. The molecule has 0 bridgehead atoms. The van der Waals surface area contributed by atoms with E-state index in [0.717, 1.165) is 0 Å². The Bertz CT molecular complexity index is 838. The van der Waals surface area contributed by atoms with E-state index in [4.69, 9.17) is 23.2 Å². The maximum absolute atomic E-state index is 12.5. The third-order valence-corrected chi connectivity index (χ3v) is 3.72. The van der Waals surface area contributed by atoms with E-state index < -0.39 is 6.03 Å². The van der Waals surface area contributed by atoms with Gasteiger partial charge < -0.3 is 5.32 Å². The molecular formula is C18H16Cl2N4O. The largest absolute Gasteiger partial charge is 0.343 e. The number of aromatic nitrogens is 1. The molecule has 0 atom stereocenters. The molecule has 0 unspecified atom stereocenters. The van der Waals surface area contributed by atoms with Gasteiger partial charge in [-0.05, 0) is 44.2 Å². The van der Waals surface area contributed by atoms with Gasteiger partial charge in [0.05, 0.1) is 10.7 Å². The topological polar surface area (TPSA) is 57.6 Å². The second kappa shape index (κ2) is 9.07. The van der Waals surface area contributed by atoms with Gasteiger partial charge in [-0.2, -0.15) is 5.10 Å². The van der Waals surface area contributed by atoms with Gasteiger partial charge in [-0.3, -0.25) is 4.98 Å². The van der Waals surface area contributed by atoms with Gasteiger partial charge in [0.2, 0.25) is 0 Å². The number of halogens is 2. The predicted molar refractivity (Wildman–Crippen MR) is 102 cm³/mol. The minimum atomic E-state index is -0.408. The van der Waals surface area contributed by atoms with E-state index in [1.54, 1.807) is 50.4 Å². The first-order valence-electron chi connectivity index (χ1n) is 7.40. The zero-order valence-corrected chi connectivity index (χ0v) is 15.3. The Morgan fingerprint density at radius 3 is 2.64 bits per heavy atom. The lowest BCUT2D eigenvalue weighted by Crippen LogP contribution is -2.32. The summed E-state index contributed by atoms with van der Waals surface area (Å²) in [4.78, 5) is 16.5. The predicted octanol–water partition coefficient (Wildman–Crippen LogP) is 4.67. The third-order valence-electron chi connectivity index (χ3n) is 3.17. The van der Waals surface area contributed by atoms with Gasteiger partial charge in [-0.1, -0.05) is 29.1 Å². The average Bonchev–Trinajstić information content (AvgIpc) is 2.60. The van der Waals surface area contributed by atoms with Crippen LogP contribution in [0.4, 0.5) is 10.5 Å². The molecule has 0 aliphatic heterocycles. The average molecular weight is 375 g/mol. The lowest BCUT2D eigenvalue weighted by Gasteiger charge is -2.17. The van der Waals surface area contributed by atoms with Crippen LogP contribution >= 0.6 is 23.2 Å². The number of urea groups is 1. The zero-order valence-electron chi connectivity index (χ0n) is 13.8. The van der Waals surface area contributed by atoms with E-state index in [2.05, 4.69) is 27.2 Å². The summed E-state index contributed by atoms with van der Waals surface area (Å²) >= 11 is 12.0. The zero-order chi connectivity index (χ0) is 18.2. The Hall–Kier alpha value is -2.55. The lowest BCUT2D eigenvalue weighted by molar-refractivity contribution is 0.220.